The van der Waals surface area contributed by atoms with Crippen LogP contribution in [-0.2, 0) is 4.74 Å². The molecule has 0 fully saturated rings. The lowest BCUT2D eigenvalue weighted by atomic mass is 10.3. The predicted octanol–water partition coefficient (Wildman–Crippen LogP) is 1.76. The molecular formula is C11H14N2O2. The minimum atomic E-state index is 0.188. The van der Waals surface area contributed by atoms with Crippen molar-refractivity contribution in [1.82, 2.24) is 4.98 Å². The number of pyridine rings is 1. The van der Waals surface area contributed by atoms with Gasteiger partial charge < -0.3 is 9.47 Å². The lowest BCUT2D eigenvalue weighted by molar-refractivity contribution is 0.0542. The van der Waals surface area contributed by atoms with Gasteiger partial charge >= 0.3 is 0 Å². The molecule has 1 aromatic heterocycles. The second-order valence-electron chi connectivity index (χ2n) is 3.24. The van der Waals surface area contributed by atoms with Gasteiger partial charge in [0.2, 0.25) is 5.88 Å². The van der Waals surface area contributed by atoms with Gasteiger partial charge in [-0.2, -0.15) is 5.26 Å². The van der Waals surface area contributed by atoms with Gasteiger partial charge in [0.25, 0.3) is 0 Å². The Morgan fingerprint density at radius 1 is 1.47 bits per heavy atom. The van der Waals surface area contributed by atoms with Gasteiger partial charge in [0.15, 0.2) is 0 Å². The first-order valence-corrected chi connectivity index (χ1v) is 4.83. The zero-order valence-electron chi connectivity index (χ0n) is 8.93. The molecule has 0 atom stereocenters. The summed E-state index contributed by atoms with van der Waals surface area (Å²) in [4.78, 5) is 3.97. The lowest BCUT2D eigenvalue weighted by Gasteiger charge is -2.08. The number of rotatable bonds is 5. The largest absolute Gasteiger partial charge is 0.474 e. The Kier molecular flexibility index (Phi) is 4.58. The van der Waals surface area contributed by atoms with Crippen molar-refractivity contribution in [2.75, 3.05) is 13.2 Å². The van der Waals surface area contributed by atoms with Crippen LogP contribution < -0.4 is 4.74 Å². The van der Waals surface area contributed by atoms with Crippen LogP contribution in [0.4, 0.5) is 0 Å². The number of hydrogen-bond acceptors (Lipinski definition) is 4. The van der Waals surface area contributed by atoms with Crippen LogP contribution in [0.5, 0.6) is 5.88 Å². The van der Waals surface area contributed by atoms with E-state index in [1.807, 2.05) is 19.9 Å². The molecule has 1 rings (SSSR count). The third-order valence-corrected chi connectivity index (χ3v) is 1.66. The maximum atomic E-state index is 8.76. The number of ether oxygens (including phenoxy) is 2. The Morgan fingerprint density at radius 3 is 2.93 bits per heavy atom. The van der Waals surface area contributed by atoms with Crippen LogP contribution in [0.2, 0.25) is 0 Å². The summed E-state index contributed by atoms with van der Waals surface area (Å²) in [6.45, 7) is 4.83. The van der Waals surface area contributed by atoms with Gasteiger partial charge in [0, 0.05) is 6.20 Å². The average Bonchev–Trinajstić information content (AvgIpc) is 2.24. The minimum absolute atomic E-state index is 0.188. The SMILES string of the molecule is CC(C)OCCOc1ncccc1C#N. The van der Waals surface area contributed by atoms with Crippen LogP contribution in [0, 0.1) is 11.3 Å². The summed E-state index contributed by atoms with van der Waals surface area (Å²) in [6, 6.07) is 5.39. The first-order chi connectivity index (χ1) is 7.24. The molecule has 0 aromatic carbocycles. The Labute approximate surface area is 89.5 Å². The molecule has 1 aromatic rings. The molecule has 15 heavy (non-hydrogen) atoms. The van der Waals surface area contributed by atoms with Gasteiger partial charge in [0.05, 0.1) is 12.7 Å². The Hall–Kier alpha value is -1.60. The molecule has 0 amide bonds. The van der Waals surface area contributed by atoms with Crippen molar-refractivity contribution in [3.05, 3.63) is 23.9 Å². The van der Waals surface area contributed by atoms with Crippen molar-refractivity contribution in [3.63, 3.8) is 0 Å². The van der Waals surface area contributed by atoms with Gasteiger partial charge in [0.1, 0.15) is 18.2 Å². The van der Waals surface area contributed by atoms with Crippen molar-refractivity contribution in [2.24, 2.45) is 0 Å². The van der Waals surface area contributed by atoms with E-state index >= 15 is 0 Å². The predicted molar refractivity (Wildman–Crippen MR) is 55.5 cm³/mol. The molecule has 0 aliphatic rings. The normalized spacial score (nSPS) is 10.0. The van der Waals surface area contributed by atoms with E-state index in [0.29, 0.717) is 24.7 Å². The summed E-state index contributed by atoms with van der Waals surface area (Å²) in [6.07, 6.45) is 1.78. The fraction of sp³-hybridized carbons (Fsp3) is 0.455. The molecule has 0 bridgehead atoms. The number of nitrogens with zero attached hydrogens (tertiary/aromatic N) is 2. The van der Waals surface area contributed by atoms with Gasteiger partial charge in [-0.05, 0) is 26.0 Å². The van der Waals surface area contributed by atoms with Gasteiger partial charge in [-0.3, -0.25) is 0 Å². The molecule has 1 heterocycles. The van der Waals surface area contributed by atoms with Crippen molar-refractivity contribution < 1.29 is 9.47 Å². The Morgan fingerprint density at radius 2 is 2.27 bits per heavy atom. The van der Waals surface area contributed by atoms with E-state index in [1.165, 1.54) is 0 Å². The second kappa shape index (κ2) is 5.99. The van der Waals surface area contributed by atoms with E-state index < -0.39 is 0 Å². The average molecular weight is 206 g/mol. The van der Waals surface area contributed by atoms with Crippen LogP contribution in [0.25, 0.3) is 0 Å². The molecule has 0 spiro atoms. The highest BCUT2D eigenvalue weighted by Crippen LogP contribution is 2.12. The first kappa shape index (κ1) is 11.5. The van der Waals surface area contributed by atoms with Gasteiger partial charge in [-0.15, -0.1) is 0 Å². The van der Waals surface area contributed by atoms with E-state index in [1.54, 1.807) is 18.3 Å². The lowest BCUT2D eigenvalue weighted by Crippen LogP contribution is -2.12. The summed E-state index contributed by atoms with van der Waals surface area (Å²) < 4.78 is 10.6. The minimum Gasteiger partial charge on any atom is -0.474 e. The monoisotopic (exact) mass is 206 g/mol. The zero-order valence-corrected chi connectivity index (χ0v) is 8.93. The smallest absolute Gasteiger partial charge is 0.231 e. The van der Waals surface area contributed by atoms with Gasteiger partial charge in [-0.1, -0.05) is 0 Å². The molecule has 0 unspecified atom stereocenters. The molecule has 4 nitrogen and oxygen atoms in total. The zero-order chi connectivity index (χ0) is 11.1. The van der Waals surface area contributed by atoms with E-state index in [4.69, 9.17) is 14.7 Å². The summed E-state index contributed by atoms with van der Waals surface area (Å²) in [5.74, 6) is 0.368. The van der Waals surface area contributed by atoms with E-state index in [9.17, 15) is 0 Å². The maximum absolute atomic E-state index is 8.76. The highest BCUT2D eigenvalue weighted by Gasteiger charge is 2.02. The van der Waals surface area contributed by atoms with Gasteiger partial charge in [-0.25, -0.2) is 4.98 Å². The fourth-order valence-electron chi connectivity index (χ4n) is 1.01. The molecule has 0 saturated carbocycles. The highest BCUT2D eigenvalue weighted by atomic mass is 16.5. The Bertz CT molecular complexity index is 345. The number of aromatic nitrogens is 1. The van der Waals surface area contributed by atoms with Crippen LogP contribution in [0.15, 0.2) is 18.3 Å². The van der Waals surface area contributed by atoms with Crippen molar-refractivity contribution >= 4 is 0 Å². The molecule has 0 aliphatic carbocycles. The second-order valence-corrected chi connectivity index (χ2v) is 3.24. The molecule has 4 heteroatoms. The van der Waals surface area contributed by atoms with Crippen LogP contribution in [0.1, 0.15) is 19.4 Å². The van der Waals surface area contributed by atoms with Crippen molar-refractivity contribution in [3.8, 4) is 11.9 Å². The Balaban J connectivity index is 2.41. The van der Waals surface area contributed by atoms with Crippen molar-refractivity contribution in [2.45, 2.75) is 20.0 Å². The van der Waals surface area contributed by atoms with Crippen LogP contribution in [-0.4, -0.2) is 24.3 Å². The molecule has 0 saturated heterocycles. The fourth-order valence-corrected chi connectivity index (χ4v) is 1.01. The standard InChI is InChI=1S/C11H14N2O2/c1-9(2)14-6-7-15-11-10(8-12)4-3-5-13-11/h3-5,9H,6-7H2,1-2H3. The first-order valence-electron chi connectivity index (χ1n) is 4.83. The van der Waals surface area contributed by atoms with Crippen molar-refractivity contribution in [1.29, 1.82) is 5.26 Å². The molecular weight excluding hydrogens is 192 g/mol. The van der Waals surface area contributed by atoms with E-state index in [-0.39, 0.29) is 6.10 Å². The van der Waals surface area contributed by atoms with E-state index in [0.717, 1.165) is 0 Å². The van der Waals surface area contributed by atoms with E-state index in [2.05, 4.69) is 4.98 Å². The highest BCUT2D eigenvalue weighted by molar-refractivity contribution is 5.36. The summed E-state index contributed by atoms with van der Waals surface area (Å²) >= 11 is 0. The molecule has 80 valence electrons. The summed E-state index contributed by atoms with van der Waals surface area (Å²) in [5.41, 5.74) is 0.446. The van der Waals surface area contributed by atoms with Crippen LogP contribution >= 0.6 is 0 Å². The molecule has 0 N–H and O–H groups in total. The van der Waals surface area contributed by atoms with Crippen LogP contribution in [0.3, 0.4) is 0 Å². The number of nitriles is 1. The molecule has 0 radical (unpaired) electrons. The maximum Gasteiger partial charge on any atom is 0.231 e. The number of hydrogen-bond donors (Lipinski definition) is 0. The molecule has 0 aliphatic heterocycles. The topological polar surface area (TPSA) is 55.1 Å². The summed E-state index contributed by atoms with van der Waals surface area (Å²) in [5, 5.41) is 8.76. The summed E-state index contributed by atoms with van der Waals surface area (Å²) in [7, 11) is 0. The third-order valence-electron chi connectivity index (χ3n) is 1.66. The quantitative estimate of drug-likeness (QED) is 0.689. The third kappa shape index (κ3) is 3.96.